The number of aryl methyl sites for hydroxylation is 1. The summed E-state index contributed by atoms with van der Waals surface area (Å²) in [6.07, 6.45) is 0. The second-order valence-electron chi connectivity index (χ2n) is 5.50. The predicted molar refractivity (Wildman–Crippen MR) is 98.3 cm³/mol. The fraction of sp³-hybridized carbons (Fsp3) is 0.100. The lowest BCUT2D eigenvalue weighted by Crippen LogP contribution is -1.92. The topological polar surface area (TPSA) is 4.93 Å². The van der Waals surface area contributed by atoms with Crippen molar-refractivity contribution < 1.29 is 0 Å². The van der Waals surface area contributed by atoms with E-state index >= 15 is 0 Å². The van der Waals surface area contributed by atoms with E-state index in [4.69, 9.17) is 0 Å². The summed E-state index contributed by atoms with van der Waals surface area (Å²) < 4.78 is 3.50. The molecular weight excluding hydrogens is 334 g/mol. The Bertz CT molecular complexity index is 964. The van der Waals surface area contributed by atoms with Gasteiger partial charge in [-0.1, -0.05) is 52.3 Å². The molecule has 0 saturated carbocycles. The van der Waals surface area contributed by atoms with Gasteiger partial charge < -0.3 is 4.57 Å². The van der Waals surface area contributed by atoms with E-state index in [0.717, 1.165) is 11.0 Å². The molecule has 0 unspecified atom stereocenters. The van der Waals surface area contributed by atoms with Crippen LogP contribution in [-0.2, 0) is 6.54 Å². The Morgan fingerprint density at radius 3 is 2.23 bits per heavy atom. The molecule has 0 saturated heterocycles. The van der Waals surface area contributed by atoms with Crippen LogP contribution in [0.15, 0.2) is 71.2 Å². The van der Waals surface area contributed by atoms with Gasteiger partial charge in [-0.15, -0.1) is 0 Å². The molecule has 108 valence electrons. The molecule has 0 aliphatic rings. The highest BCUT2D eigenvalue weighted by atomic mass is 79.9. The van der Waals surface area contributed by atoms with Gasteiger partial charge in [-0.25, -0.2) is 0 Å². The summed E-state index contributed by atoms with van der Waals surface area (Å²) in [5.41, 5.74) is 5.13. The van der Waals surface area contributed by atoms with Gasteiger partial charge in [0.25, 0.3) is 0 Å². The van der Waals surface area contributed by atoms with E-state index < -0.39 is 0 Å². The summed E-state index contributed by atoms with van der Waals surface area (Å²) in [4.78, 5) is 0. The molecule has 0 atom stereocenters. The van der Waals surface area contributed by atoms with Gasteiger partial charge in [-0.3, -0.25) is 0 Å². The van der Waals surface area contributed by atoms with Crippen LogP contribution in [-0.4, -0.2) is 4.57 Å². The first kappa shape index (κ1) is 13.6. The molecule has 22 heavy (non-hydrogen) atoms. The van der Waals surface area contributed by atoms with Gasteiger partial charge >= 0.3 is 0 Å². The Morgan fingerprint density at radius 1 is 0.773 bits per heavy atom. The lowest BCUT2D eigenvalue weighted by atomic mass is 10.0. The third-order valence-electron chi connectivity index (χ3n) is 4.27. The zero-order valence-electron chi connectivity index (χ0n) is 12.4. The minimum absolute atomic E-state index is 0.988. The molecule has 0 N–H and O–H groups in total. The lowest BCUT2D eigenvalue weighted by Gasteiger charge is -2.05. The number of halogens is 1. The fourth-order valence-corrected chi connectivity index (χ4v) is 3.48. The quantitative estimate of drug-likeness (QED) is 0.403. The minimum Gasteiger partial charge on any atom is -0.341 e. The molecule has 1 heterocycles. The molecule has 1 nitrogen and oxygen atoms in total. The van der Waals surface area contributed by atoms with Crippen molar-refractivity contribution in [2.24, 2.45) is 0 Å². The van der Waals surface area contributed by atoms with E-state index in [9.17, 15) is 0 Å². The van der Waals surface area contributed by atoms with E-state index in [1.165, 1.54) is 32.9 Å². The highest BCUT2D eigenvalue weighted by Gasteiger charge is 2.10. The van der Waals surface area contributed by atoms with Crippen LogP contribution in [0.25, 0.3) is 32.9 Å². The summed E-state index contributed by atoms with van der Waals surface area (Å²) in [5, 5.41) is 2.66. The summed E-state index contributed by atoms with van der Waals surface area (Å²) in [5.74, 6) is 0. The third-order valence-corrected chi connectivity index (χ3v) is 4.79. The maximum Gasteiger partial charge on any atom is 0.0491 e. The van der Waals surface area contributed by atoms with E-state index in [2.05, 4.69) is 94.2 Å². The van der Waals surface area contributed by atoms with E-state index in [-0.39, 0.29) is 0 Å². The number of hydrogen-bond donors (Lipinski definition) is 0. The highest BCUT2D eigenvalue weighted by molar-refractivity contribution is 9.10. The summed E-state index contributed by atoms with van der Waals surface area (Å²) in [7, 11) is 0. The van der Waals surface area contributed by atoms with Crippen molar-refractivity contribution in [2.45, 2.75) is 13.5 Å². The number of para-hydroxylation sites is 1. The number of nitrogens with zero attached hydrogens (tertiary/aromatic N) is 1. The predicted octanol–water partition coefficient (Wildman–Crippen LogP) is 6.24. The molecule has 2 heteroatoms. The molecule has 4 rings (SSSR count). The van der Waals surface area contributed by atoms with Crippen LogP contribution >= 0.6 is 15.9 Å². The first-order chi connectivity index (χ1) is 10.8. The average Bonchev–Trinajstić information content (AvgIpc) is 2.88. The Balaban J connectivity index is 2.01. The number of aromatic nitrogens is 1. The van der Waals surface area contributed by atoms with Crippen LogP contribution in [0.5, 0.6) is 0 Å². The molecule has 0 bridgehead atoms. The molecule has 0 aliphatic carbocycles. The molecule has 0 fully saturated rings. The van der Waals surface area contributed by atoms with Crippen LogP contribution < -0.4 is 0 Å². The standard InChI is InChI=1S/C20H16BrN/c1-2-22-19-6-4-3-5-17(19)18-13-15(9-12-20(18)22)14-7-10-16(21)11-8-14/h3-13H,2H2,1H3. The number of benzene rings is 3. The second-order valence-corrected chi connectivity index (χ2v) is 6.42. The monoisotopic (exact) mass is 349 g/mol. The van der Waals surface area contributed by atoms with Crippen LogP contribution in [0.3, 0.4) is 0 Å². The van der Waals surface area contributed by atoms with E-state index in [0.29, 0.717) is 0 Å². The van der Waals surface area contributed by atoms with Crippen LogP contribution in [0.4, 0.5) is 0 Å². The van der Waals surface area contributed by atoms with Gasteiger partial charge in [0.05, 0.1) is 0 Å². The molecule has 3 aromatic carbocycles. The summed E-state index contributed by atoms with van der Waals surface area (Å²) >= 11 is 3.50. The van der Waals surface area contributed by atoms with Gasteiger partial charge in [-0.2, -0.15) is 0 Å². The molecule has 0 spiro atoms. The van der Waals surface area contributed by atoms with E-state index in [1.54, 1.807) is 0 Å². The SMILES string of the molecule is CCn1c2ccccc2c2cc(-c3ccc(Br)cc3)ccc21. The van der Waals surface area contributed by atoms with Gasteiger partial charge in [0, 0.05) is 32.8 Å². The van der Waals surface area contributed by atoms with Crippen molar-refractivity contribution in [1.29, 1.82) is 0 Å². The van der Waals surface area contributed by atoms with Crippen molar-refractivity contribution in [3.63, 3.8) is 0 Å². The molecule has 1 aromatic heterocycles. The third kappa shape index (κ3) is 2.06. The maximum absolute atomic E-state index is 3.50. The molecule has 0 amide bonds. The van der Waals surface area contributed by atoms with Gasteiger partial charge in [0.1, 0.15) is 0 Å². The zero-order valence-corrected chi connectivity index (χ0v) is 14.0. The van der Waals surface area contributed by atoms with Crippen LogP contribution in [0.1, 0.15) is 6.92 Å². The van der Waals surface area contributed by atoms with E-state index in [1.807, 2.05) is 0 Å². The Kier molecular flexibility index (Phi) is 3.27. The smallest absolute Gasteiger partial charge is 0.0491 e. The average molecular weight is 350 g/mol. The summed E-state index contributed by atoms with van der Waals surface area (Å²) in [6, 6.07) is 23.9. The fourth-order valence-electron chi connectivity index (χ4n) is 3.22. The Hall–Kier alpha value is -2.06. The molecular formula is C20H16BrN. The molecule has 0 radical (unpaired) electrons. The first-order valence-corrected chi connectivity index (χ1v) is 8.34. The van der Waals surface area contributed by atoms with Crippen LogP contribution in [0.2, 0.25) is 0 Å². The summed E-state index contributed by atoms with van der Waals surface area (Å²) in [6.45, 7) is 3.19. The van der Waals surface area contributed by atoms with Crippen molar-refractivity contribution in [1.82, 2.24) is 4.57 Å². The second kappa shape index (κ2) is 5.29. The first-order valence-electron chi connectivity index (χ1n) is 7.55. The van der Waals surface area contributed by atoms with Gasteiger partial charge in [0.15, 0.2) is 0 Å². The van der Waals surface area contributed by atoms with Crippen LogP contribution in [0, 0.1) is 0 Å². The zero-order chi connectivity index (χ0) is 15.1. The molecule has 0 aliphatic heterocycles. The van der Waals surface area contributed by atoms with Crippen molar-refractivity contribution in [3.05, 3.63) is 71.2 Å². The van der Waals surface area contributed by atoms with Crippen molar-refractivity contribution in [3.8, 4) is 11.1 Å². The normalized spacial score (nSPS) is 11.4. The Labute approximate surface area is 138 Å². The van der Waals surface area contributed by atoms with Gasteiger partial charge in [-0.05, 0) is 48.4 Å². The van der Waals surface area contributed by atoms with Gasteiger partial charge in [0.2, 0.25) is 0 Å². The number of fused-ring (bicyclic) bond motifs is 3. The maximum atomic E-state index is 3.50. The Morgan fingerprint density at radius 2 is 1.45 bits per heavy atom. The molecule has 4 aromatic rings. The van der Waals surface area contributed by atoms with Crippen molar-refractivity contribution in [2.75, 3.05) is 0 Å². The minimum atomic E-state index is 0.988. The lowest BCUT2D eigenvalue weighted by molar-refractivity contribution is 0.827. The number of rotatable bonds is 2. The van der Waals surface area contributed by atoms with Crippen molar-refractivity contribution >= 4 is 37.7 Å². The largest absolute Gasteiger partial charge is 0.341 e. The highest BCUT2D eigenvalue weighted by Crippen LogP contribution is 2.32. The number of hydrogen-bond acceptors (Lipinski definition) is 0.